The number of aliphatic hydroxyl groups excluding tert-OH is 1. The van der Waals surface area contributed by atoms with E-state index in [-0.39, 0.29) is 11.5 Å². The van der Waals surface area contributed by atoms with Crippen LogP contribution in [0.1, 0.15) is 56.1 Å². The minimum absolute atomic E-state index is 0.0883. The largest absolute Gasteiger partial charge is 0.508 e. The van der Waals surface area contributed by atoms with E-state index in [4.69, 9.17) is 0 Å². The predicted octanol–water partition coefficient (Wildman–Crippen LogP) is 3.61. The van der Waals surface area contributed by atoms with Gasteiger partial charge in [0.25, 0.3) is 0 Å². The van der Waals surface area contributed by atoms with Crippen molar-refractivity contribution in [3.05, 3.63) is 29.3 Å². The quantitative estimate of drug-likeness (QED) is 0.757. The van der Waals surface area contributed by atoms with Crippen molar-refractivity contribution in [1.82, 2.24) is 0 Å². The van der Waals surface area contributed by atoms with Crippen LogP contribution in [0.5, 0.6) is 5.75 Å². The molecular formula is C18H24O2. The lowest BCUT2D eigenvalue weighted by Crippen LogP contribution is -2.43. The lowest BCUT2D eigenvalue weighted by atomic mass is 9.55. The van der Waals surface area contributed by atoms with E-state index in [0.717, 1.165) is 25.2 Å². The molecule has 1 aromatic carbocycles. The molecule has 0 aromatic heterocycles. The first-order valence-electron chi connectivity index (χ1n) is 8.09. The third-order valence-electron chi connectivity index (χ3n) is 6.66. The van der Waals surface area contributed by atoms with Crippen LogP contribution in [-0.2, 0) is 6.42 Å². The third-order valence-corrected chi connectivity index (χ3v) is 6.66. The van der Waals surface area contributed by atoms with Crippen LogP contribution in [0, 0.1) is 17.3 Å². The molecule has 0 aliphatic heterocycles. The highest BCUT2D eigenvalue weighted by atomic mass is 16.3. The van der Waals surface area contributed by atoms with E-state index in [1.807, 2.05) is 12.1 Å². The van der Waals surface area contributed by atoms with Crippen molar-refractivity contribution in [3.8, 4) is 5.75 Å². The Morgan fingerprint density at radius 3 is 2.85 bits per heavy atom. The van der Waals surface area contributed by atoms with Gasteiger partial charge in [0.1, 0.15) is 5.75 Å². The fourth-order valence-corrected chi connectivity index (χ4v) is 5.54. The smallest absolute Gasteiger partial charge is 0.115 e. The van der Waals surface area contributed by atoms with Gasteiger partial charge in [0.2, 0.25) is 0 Å². The maximum atomic E-state index is 10.4. The molecular weight excluding hydrogens is 248 g/mol. The molecule has 0 heterocycles. The molecule has 0 radical (unpaired) electrons. The van der Waals surface area contributed by atoms with Crippen LogP contribution in [0.4, 0.5) is 0 Å². The van der Waals surface area contributed by atoms with Crippen LogP contribution in [-0.4, -0.2) is 16.3 Å². The molecule has 20 heavy (non-hydrogen) atoms. The molecule has 4 rings (SSSR count). The average molecular weight is 272 g/mol. The Labute approximate surface area is 120 Å². The highest BCUT2D eigenvalue weighted by Crippen LogP contribution is 2.60. The molecule has 1 aromatic rings. The fraction of sp³-hybridized carbons (Fsp3) is 0.667. The van der Waals surface area contributed by atoms with E-state index in [0.29, 0.717) is 17.6 Å². The monoisotopic (exact) mass is 272 g/mol. The number of hydrogen-bond acceptors (Lipinski definition) is 2. The molecule has 2 heteroatoms. The standard InChI is InChI=1S/C18H24O2/c1-18-9-8-14-13-5-3-12(19)10-11(13)2-4-15(14)16(18)6-7-17(18)20/h3,5,10,14-17,19-20H,2,4,6-9H2,1H3/t14-,15-,16+,17+,18-/m1/s1. The number of aryl methyl sites for hydroxylation is 1. The van der Waals surface area contributed by atoms with Crippen LogP contribution in [0.25, 0.3) is 0 Å². The Balaban J connectivity index is 1.71. The third kappa shape index (κ3) is 1.60. The minimum atomic E-state index is -0.0883. The zero-order valence-corrected chi connectivity index (χ0v) is 12.2. The summed E-state index contributed by atoms with van der Waals surface area (Å²) in [4.78, 5) is 0. The van der Waals surface area contributed by atoms with E-state index in [2.05, 4.69) is 13.0 Å². The molecule has 2 fully saturated rings. The van der Waals surface area contributed by atoms with E-state index in [9.17, 15) is 10.2 Å². The van der Waals surface area contributed by atoms with Crippen molar-refractivity contribution < 1.29 is 10.2 Å². The molecule has 108 valence electrons. The molecule has 5 atom stereocenters. The molecule has 0 spiro atoms. The number of aromatic hydroxyl groups is 1. The van der Waals surface area contributed by atoms with Crippen LogP contribution < -0.4 is 0 Å². The van der Waals surface area contributed by atoms with Gasteiger partial charge in [0.05, 0.1) is 6.10 Å². The van der Waals surface area contributed by atoms with Crippen molar-refractivity contribution in [2.75, 3.05) is 0 Å². The van der Waals surface area contributed by atoms with E-state index < -0.39 is 0 Å². The van der Waals surface area contributed by atoms with E-state index >= 15 is 0 Å². The maximum absolute atomic E-state index is 10.4. The molecule has 2 saturated carbocycles. The van der Waals surface area contributed by atoms with Crippen molar-refractivity contribution in [2.24, 2.45) is 17.3 Å². The Kier molecular flexibility index (Phi) is 2.69. The van der Waals surface area contributed by atoms with Gasteiger partial charge in [-0.3, -0.25) is 0 Å². The molecule has 0 unspecified atom stereocenters. The second-order valence-corrected chi connectivity index (χ2v) is 7.44. The van der Waals surface area contributed by atoms with Gasteiger partial charge in [0.15, 0.2) is 0 Å². The number of fused-ring (bicyclic) bond motifs is 5. The Morgan fingerprint density at radius 1 is 1.15 bits per heavy atom. The van der Waals surface area contributed by atoms with Gasteiger partial charge in [-0.2, -0.15) is 0 Å². The molecule has 0 bridgehead atoms. The molecule has 3 aliphatic carbocycles. The average Bonchev–Trinajstić information content (AvgIpc) is 2.74. The van der Waals surface area contributed by atoms with Crippen molar-refractivity contribution in [2.45, 2.75) is 57.5 Å². The summed E-state index contributed by atoms with van der Waals surface area (Å²) in [7, 11) is 0. The molecule has 0 saturated heterocycles. The zero-order chi connectivity index (χ0) is 13.9. The highest BCUT2D eigenvalue weighted by molar-refractivity contribution is 5.40. The summed E-state index contributed by atoms with van der Waals surface area (Å²) in [5.74, 6) is 2.49. The van der Waals surface area contributed by atoms with E-state index in [1.165, 1.54) is 30.4 Å². The summed E-state index contributed by atoms with van der Waals surface area (Å²) < 4.78 is 0. The number of aliphatic hydroxyl groups is 1. The van der Waals surface area contributed by atoms with E-state index in [1.54, 1.807) is 0 Å². The normalized spacial score (nSPS) is 42.7. The van der Waals surface area contributed by atoms with Gasteiger partial charge in [-0.15, -0.1) is 0 Å². The summed E-state index contributed by atoms with van der Waals surface area (Å²) in [5, 5.41) is 20.0. The second kappa shape index (κ2) is 4.24. The summed E-state index contributed by atoms with van der Waals surface area (Å²) in [6.45, 7) is 2.32. The summed E-state index contributed by atoms with van der Waals surface area (Å²) in [6, 6.07) is 5.96. The topological polar surface area (TPSA) is 40.5 Å². The van der Waals surface area contributed by atoms with Gasteiger partial charge in [0, 0.05) is 0 Å². The lowest BCUT2D eigenvalue weighted by molar-refractivity contribution is -0.0226. The van der Waals surface area contributed by atoms with Crippen molar-refractivity contribution >= 4 is 0 Å². The number of rotatable bonds is 0. The molecule has 2 nitrogen and oxygen atoms in total. The minimum Gasteiger partial charge on any atom is -0.508 e. The first-order valence-corrected chi connectivity index (χ1v) is 8.09. The highest BCUT2D eigenvalue weighted by Gasteiger charge is 2.54. The first-order chi connectivity index (χ1) is 9.59. The number of hydrogen-bond donors (Lipinski definition) is 2. The Bertz CT molecular complexity index is 538. The second-order valence-electron chi connectivity index (χ2n) is 7.44. The van der Waals surface area contributed by atoms with Crippen LogP contribution in [0.3, 0.4) is 0 Å². The van der Waals surface area contributed by atoms with Gasteiger partial charge in [-0.25, -0.2) is 0 Å². The van der Waals surface area contributed by atoms with Crippen LogP contribution in [0.15, 0.2) is 18.2 Å². The first kappa shape index (κ1) is 12.7. The van der Waals surface area contributed by atoms with Gasteiger partial charge < -0.3 is 10.2 Å². The van der Waals surface area contributed by atoms with Gasteiger partial charge in [-0.05, 0) is 85.0 Å². The maximum Gasteiger partial charge on any atom is 0.115 e. The Hall–Kier alpha value is -1.02. The van der Waals surface area contributed by atoms with Crippen LogP contribution in [0.2, 0.25) is 0 Å². The number of phenolic OH excluding ortho intramolecular Hbond substituents is 1. The molecule has 2 N–H and O–H groups in total. The lowest BCUT2D eigenvalue weighted by Gasteiger charge is -2.50. The Morgan fingerprint density at radius 2 is 2.00 bits per heavy atom. The summed E-state index contributed by atoms with van der Waals surface area (Å²) in [6.07, 6.45) is 6.78. The number of phenols is 1. The SMILES string of the molecule is C[C@@]12CC[C@@H]3c4ccc(O)cc4CC[C@H]3[C@@H]1CC[C@@H]2O. The van der Waals surface area contributed by atoms with Gasteiger partial charge in [-0.1, -0.05) is 13.0 Å². The molecule has 0 amide bonds. The van der Waals surface area contributed by atoms with Crippen molar-refractivity contribution in [1.29, 1.82) is 0 Å². The summed E-state index contributed by atoms with van der Waals surface area (Å²) >= 11 is 0. The number of benzene rings is 1. The fourth-order valence-electron chi connectivity index (χ4n) is 5.54. The van der Waals surface area contributed by atoms with Gasteiger partial charge >= 0.3 is 0 Å². The summed E-state index contributed by atoms with van der Waals surface area (Å²) in [5.41, 5.74) is 2.99. The van der Waals surface area contributed by atoms with Crippen molar-refractivity contribution in [3.63, 3.8) is 0 Å². The van der Waals surface area contributed by atoms with Crippen LogP contribution >= 0.6 is 0 Å². The zero-order valence-electron chi connectivity index (χ0n) is 12.2. The molecule has 3 aliphatic rings. The predicted molar refractivity (Wildman–Crippen MR) is 78.7 cm³/mol.